The summed E-state index contributed by atoms with van der Waals surface area (Å²) in [5.74, 6) is -2.95. The third-order valence-electron chi connectivity index (χ3n) is 19.1. The van der Waals surface area contributed by atoms with E-state index in [2.05, 4.69) is 26.6 Å². The van der Waals surface area contributed by atoms with Gasteiger partial charge in [-0.1, -0.05) is 321 Å². The Kier molecular flexibility index (Phi) is 91.0. The molecule has 0 heterocycles. The standard InChI is InChI=1S/C33H62N2O6.3C17H33NO3/c36-30(25-21-17-13-9-5-1-3-7-11-15-19-23-27-32(38)39)34-29-35-31(37)26-22-18-14-10-6-2-4-8-12-16-20-24-28-33(40)41;3*1-18-16(19)14-12-10-8-6-4-2-3-5-7-9-11-13-15-17(20)21/h1-29H2,(H,34,36)(H,35,37)(H,38,39)(H,40,41);3*2-15H2,1H3,(H,18,19)(H,20,21). The maximum Gasteiger partial charge on any atom is 0.303 e. The topological polar surface area (TPSA) is 332 Å². The van der Waals surface area contributed by atoms with Crippen LogP contribution in [0.2, 0.25) is 0 Å². The molecule has 104 heavy (non-hydrogen) atoms. The lowest BCUT2D eigenvalue weighted by atomic mass is 10.0. The van der Waals surface area contributed by atoms with Crippen molar-refractivity contribution in [1.82, 2.24) is 26.6 Å². The number of aliphatic carboxylic acids is 5. The van der Waals surface area contributed by atoms with Gasteiger partial charge in [-0.25, -0.2) is 0 Å². The lowest BCUT2D eigenvalue weighted by molar-refractivity contribution is -0.138. The molecular weight excluding hydrogens is 1320 g/mol. The van der Waals surface area contributed by atoms with Crippen LogP contribution in [0.1, 0.15) is 449 Å². The molecule has 5 amide bonds. The molecule has 0 aromatic rings. The molecule has 0 rings (SSSR count). The normalized spacial score (nSPS) is 10.7. The monoisotopic (exact) mass is 1480 g/mol. The second-order valence-corrected chi connectivity index (χ2v) is 29.1. The fourth-order valence-electron chi connectivity index (χ4n) is 12.4. The van der Waals surface area contributed by atoms with Gasteiger partial charge < -0.3 is 52.1 Å². The van der Waals surface area contributed by atoms with E-state index >= 15 is 0 Å². The van der Waals surface area contributed by atoms with Gasteiger partial charge in [0.15, 0.2) is 0 Å². The number of hydrogen-bond acceptors (Lipinski definition) is 10. The summed E-state index contributed by atoms with van der Waals surface area (Å²) in [6.45, 7) is 0.219. The van der Waals surface area contributed by atoms with Gasteiger partial charge in [0.25, 0.3) is 0 Å². The van der Waals surface area contributed by atoms with Crippen molar-refractivity contribution in [1.29, 1.82) is 0 Å². The molecule has 0 aliphatic rings. The van der Waals surface area contributed by atoms with Gasteiger partial charge in [0, 0.05) is 85.4 Å². The SMILES string of the molecule is CNC(=O)CCCCCCCCCCCCCCC(=O)O.CNC(=O)CCCCCCCCCCCCCCC(=O)O.CNC(=O)CCCCCCCCCCCCCCC(=O)O.O=C(O)CCCCCCCCCCCCCCC(=O)NCNC(=O)CCCCCCCCCCCCCCC(=O)O. The van der Waals surface area contributed by atoms with Gasteiger partial charge in [-0.05, 0) is 64.2 Å². The molecule has 0 bridgehead atoms. The van der Waals surface area contributed by atoms with E-state index in [-0.39, 0.29) is 36.2 Å². The van der Waals surface area contributed by atoms with Crippen molar-refractivity contribution in [3.8, 4) is 0 Å². The fraction of sp³-hybridized carbons (Fsp3) is 0.881. The molecule has 0 aromatic heterocycles. The van der Waals surface area contributed by atoms with E-state index in [1.165, 1.54) is 231 Å². The highest BCUT2D eigenvalue weighted by molar-refractivity contribution is 5.78. The molecule has 0 unspecified atom stereocenters. The molecule has 0 aromatic carbocycles. The smallest absolute Gasteiger partial charge is 0.303 e. The van der Waals surface area contributed by atoms with Crippen molar-refractivity contribution >= 4 is 59.4 Å². The number of rotatable bonds is 77. The Bertz CT molecular complexity index is 1800. The van der Waals surface area contributed by atoms with Crippen LogP contribution in [-0.4, -0.2) is 113 Å². The first-order valence-electron chi connectivity index (χ1n) is 42.7. The Morgan fingerprint density at radius 2 is 0.250 bits per heavy atom. The lowest BCUT2D eigenvalue weighted by Crippen LogP contribution is -2.37. The summed E-state index contributed by atoms with van der Waals surface area (Å²) >= 11 is 0. The number of unbranched alkanes of at least 4 members (excludes halogenated alkanes) is 55. The van der Waals surface area contributed by atoms with Gasteiger partial charge in [0.05, 0.1) is 6.67 Å². The molecule has 0 aliphatic carbocycles. The average molecular weight is 1480 g/mol. The molecular formula is C84H161N5O15. The van der Waals surface area contributed by atoms with E-state index < -0.39 is 29.8 Å². The summed E-state index contributed by atoms with van der Waals surface area (Å²) in [5.41, 5.74) is 0. The number of carboxylic acid groups (broad SMARTS) is 5. The van der Waals surface area contributed by atoms with E-state index in [0.717, 1.165) is 154 Å². The molecule has 0 saturated heterocycles. The largest absolute Gasteiger partial charge is 0.481 e. The van der Waals surface area contributed by atoms with Crippen molar-refractivity contribution in [3.05, 3.63) is 0 Å². The maximum atomic E-state index is 12.0. The third kappa shape index (κ3) is 105. The molecule has 0 aliphatic heterocycles. The van der Waals surface area contributed by atoms with Gasteiger partial charge in [0.1, 0.15) is 0 Å². The van der Waals surface area contributed by atoms with Crippen LogP contribution < -0.4 is 26.6 Å². The summed E-state index contributed by atoms with van der Waals surface area (Å²) in [4.78, 5) is 109. The van der Waals surface area contributed by atoms with Gasteiger partial charge in [-0.2, -0.15) is 0 Å². The number of nitrogens with one attached hydrogen (secondary N) is 5. The van der Waals surface area contributed by atoms with E-state index in [9.17, 15) is 47.9 Å². The summed E-state index contributed by atoms with van der Waals surface area (Å²) in [6, 6.07) is 0. The molecule has 612 valence electrons. The zero-order valence-electron chi connectivity index (χ0n) is 67.0. The molecule has 20 nitrogen and oxygen atoms in total. The lowest BCUT2D eigenvalue weighted by Gasteiger charge is -2.08. The Labute approximate surface area is 633 Å². The summed E-state index contributed by atoms with van der Waals surface area (Å²) < 4.78 is 0. The number of carbonyl (C=O) groups excluding carboxylic acids is 5. The highest BCUT2D eigenvalue weighted by atomic mass is 16.4. The first-order valence-corrected chi connectivity index (χ1v) is 42.7. The minimum absolute atomic E-state index is 0.00633. The highest BCUT2D eigenvalue weighted by Crippen LogP contribution is 2.19. The van der Waals surface area contributed by atoms with Crippen LogP contribution in [0.4, 0.5) is 0 Å². The molecule has 0 saturated carbocycles. The van der Waals surface area contributed by atoms with Crippen LogP contribution in [0.3, 0.4) is 0 Å². The fourth-order valence-corrected chi connectivity index (χ4v) is 12.4. The van der Waals surface area contributed by atoms with Crippen LogP contribution in [0.15, 0.2) is 0 Å². The molecule has 0 radical (unpaired) electrons. The van der Waals surface area contributed by atoms with Gasteiger partial charge >= 0.3 is 29.8 Å². The number of carbonyl (C=O) groups is 10. The summed E-state index contributed by atoms with van der Waals surface area (Å²) in [6.07, 6.45) is 74.2. The summed E-state index contributed by atoms with van der Waals surface area (Å²) in [7, 11) is 5.07. The van der Waals surface area contributed by atoms with Crippen molar-refractivity contribution in [2.24, 2.45) is 0 Å². The quantitative estimate of drug-likeness (QED) is 0.0200. The third-order valence-corrected chi connectivity index (χ3v) is 19.1. The first-order chi connectivity index (χ1) is 50.4. The minimum Gasteiger partial charge on any atom is -0.481 e. The van der Waals surface area contributed by atoms with Crippen LogP contribution in [-0.2, 0) is 47.9 Å². The van der Waals surface area contributed by atoms with E-state index in [4.69, 9.17) is 25.5 Å². The number of amides is 5. The van der Waals surface area contributed by atoms with E-state index in [0.29, 0.717) is 64.2 Å². The van der Waals surface area contributed by atoms with E-state index in [1.807, 2.05) is 0 Å². The van der Waals surface area contributed by atoms with Crippen LogP contribution >= 0.6 is 0 Å². The zero-order valence-corrected chi connectivity index (χ0v) is 67.0. The number of carboxylic acids is 5. The summed E-state index contributed by atoms with van der Waals surface area (Å²) in [5, 5.41) is 56.3. The van der Waals surface area contributed by atoms with Gasteiger partial charge in [-0.15, -0.1) is 0 Å². The predicted octanol–water partition coefficient (Wildman–Crippen LogP) is 21.1. The molecule has 0 fully saturated rings. The molecule has 0 spiro atoms. The van der Waals surface area contributed by atoms with Crippen molar-refractivity contribution in [2.75, 3.05) is 27.8 Å². The van der Waals surface area contributed by atoms with Crippen LogP contribution in [0.5, 0.6) is 0 Å². The maximum absolute atomic E-state index is 12.0. The second kappa shape index (κ2) is 90.1. The Balaban J connectivity index is -0.000000679. The second-order valence-electron chi connectivity index (χ2n) is 29.1. The predicted molar refractivity (Wildman–Crippen MR) is 425 cm³/mol. The average Bonchev–Trinajstić information content (AvgIpc) is 2.32. The zero-order chi connectivity index (χ0) is 77.5. The Hall–Kier alpha value is -5.30. The van der Waals surface area contributed by atoms with Crippen LogP contribution in [0, 0.1) is 0 Å². The van der Waals surface area contributed by atoms with Crippen molar-refractivity contribution in [3.63, 3.8) is 0 Å². The van der Waals surface area contributed by atoms with Gasteiger partial charge in [-0.3, -0.25) is 47.9 Å². The van der Waals surface area contributed by atoms with Crippen molar-refractivity contribution < 1.29 is 73.5 Å². The van der Waals surface area contributed by atoms with Gasteiger partial charge in [0.2, 0.25) is 29.5 Å². The highest BCUT2D eigenvalue weighted by Gasteiger charge is 2.07. The molecule has 0 atom stereocenters. The molecule has 20 heteroatoms. The Morgan fingerprint density at radius 3 is 0.356 bits per heavy atom. The minimum atomic E-state index is -0.693. The van der Waals surface area contributed by atoms with Crippen LogP contribution in [0.25, 0.3) is 0 Å². The Morgan fingerprint density at radius 1 is 0.154 bits per heavy atom. The van der Waals surface area contributed by atoms with Crippen molar-refractivity contribution in [2.45, 2.75) is 449 Å². The van der Waals surface area contributed by atoms with E-state index in [1.54, 1.807) is 21.1 Å². The molecule has 10 N–H and O–H groups in total. The first kappa shape index (κ1) is 105. The number of hydrogen-bond donors (Lipinski definition) is 10.